The fraction of sp³-hybridized carbons (Fsp3) is 0.419. The quantitative estimate of drug-likeness (QED) is 0.133. The molecule has 0 radical (unpaired) electrons. The van der Waals surface area contributed by atoms with Crippen molar-refractivity contribution in [2.24, 2.45) is 0 Å². The van der Waals surface area contributed by atoms with E-state index in [0.717, 1.165) is 22.3 Å². The highest BCUT2D eigenvalue weighted by molar-refractivity contribution is 5.66. The molecular formula is C43H50O11. The molecule has 2 aliphatic rings. The standard InChI is InChI=1S/C43H50O11/c1-29-37(47-24-31-16-8-4-9-17-31)40(50-27-34-22-14-7-15-23-34)41(53-30(2)44)43(52-29)51-28-35-38(48-25-32-18-10-5-11-19-32)36(45)39(42(46-3)54-35)49-26-33-20-12-6-13-21-33/h4-23,29,35-43,45H,24-28H2,1-3H3/t29-,35?,36?,37-,38+,39?,40?,41-,42+,43-/m0/s1. The molecule has 1 N–H and O–H groups in total. The molecule has 0 aliphatic carbocycles. The molecular weight excluding hydrogens is 692 g/mol. The number of carbonyl (C=O) groups excluding carboxylic acids is 1. The summed E-state index contributed by atoms with van der Waals surface area (Å²) in [7, 11) is 1.49. The first-order valence-electron chi connectivity index (χ1n) is 18.3. The molecule has 4 unspecified atom stereocenters. The minimum Gasteiger partial charge on any atom is -0.454 e. The minimum absolute atomic E-state index is 0.113. The number of hydrogen-bond donors (Lipinski definition) is 1. The maximum absolute atomic E-state index is 12.6. The zero-order chi connectivity index (χ0) is 37.7. The van der Waals surface area contributed by atoms with Gasteiger partial charge in [0.1, 0.15) is 36.6 Å². The van der Waals surface area contributed by atoms with Crippen LogP contribution in [0.1, 0.15) is 36.1 Å². The van der Waals surface area contributed by atoms with E-state index in [0.29, 0.717) is 6.61 Å². The summed E-state index contributed by atoms with van der Waals surface area (Å²) in [6.07, 6.45) is -8.70. The van der Waals surface area contributed by atoms with E-state index in [1.54, 1.807) is 0 Å². The van der Waals surface area contributed by atoms with Crippen LogP contribution in [0.2, 0.25) is 0 Å². The molecule has 11 heteroatoms. The van der Waals surface area contributed by atoms with Crippen molar-refractivity contribution in [1.82, 2.24) is 0 Å². The summed E-state index contributed by atoms with van der Waals surface area (Å²) < 4.78 is 56.4. The second kappa shape index (κ2) is 20.1. The Labute approximate surface area is 317 Å². The van der Waals surface area contributed by atoms with E-state index in [-0.39, 0.29) is 26.4 Å². The lowest BCUT2D eigenvalue weighted by molar-refractivity contribution is -0.340. The molecule has 10 atom stereocenters. The first kappa shape index (κ1) is 39.7. The van der Waals surface area contributed by atoms with E-state index in [4.69, 9.17) is 42.6 Å². The maximum Gasteiger partial charge on any atom is 0.303 e. The molecule has 288 valence electrons. The van der Waals surface area contributed by atoms with Crippen LogP contribution >= 0.6 is 0 Å². The monoisotopic (exact) mass is 742 g/mol. The van der Waals surface area contributed by atoms with Crippen molar-refractivity contribution in [3.05, 3.63) is 144 Å². The number of methoxy groups -OCH3 is 1. The number of carbonyl (C=O) groups is 1. The lowest BCUT2D eigenvalue weighted by atomic mass is 9.97. The molecule has 0 aromatic heterocycles. The van der Waals surface area contributed by atoms with Gasteiger partial charge < -0.3 is 47.7 Å². The second-order valence-electron chi connectivity index (χ2n) is 13.4. The Morgan fingerprint density at radius 2 is 0.981 bits per heavy atom. The van der Waals surface area contributed by atoms with Crippen molar-refractivity contribution in [2.45, 2.75) is 102 Å². The fourth-order valence-corrected chi connectivity index (χ4v) is 6.70. The number of esters is 1. The first-order chi connectivity index (χ1) is 26.4. The van der Waals surface area contributed by atoms with E-state index in [1.807, 2.05) is 128 Å². The Balaban J connectivity index is 1.21. The van der Waals surface area contributed by atoms with Crippen LogP contribution in [0.25, 0.3) is 0 Å². The summed E-state index contributed by atoms with van der Waals surface area (Å²) in [5.41, 5.74) is 3.76. The highest BCUT2D eigenvalue weighted by Gasteiger charge is 2.51. The van der Waals surface area contributed by atoms with Gasteiger partial charge in [-0.1, -0.05) is 121 Å². The molecule has 6 rings (SSSR count). The number of hydrogen-bond acceptors (Lipinski definition) is 11. The third-order valence-corrected chi connectivity index (χ3v) is 9.44. The molecule has 0 spiro atoms. The predicted molar refractivity (Wildman–Crippen MR) is 198 cm³/mol. The Bertz CT molecular complexity index is 1660. The zero-order valence-corrected chi connectivity index (χ0v) is 30.9. The Morgan fingerprint density at radius 1 is 0.556 bits per heavy atom. The van der Waals surface area contributed by atoms with Gasteiger partial charge in [-0.15, -0.1) is 0 Å². The third kappa shape index (κ3) is 10.8. The lowest BCUT2D eigenvalue weighted by Gasteiger charge is -2.46. The van der Waals surface area contributed by atoms with E-state index in [9.17, 15) is 9.90 Å². The van der Waals surface area contributed by atoms with Gasteiger partial charge in [0.05, 0.1) is 39.1 Å². The number of ether oxygens (including phenoxy) is 9. The van der Waals surface area contributed by atoms with Gasteiger partial charge in [0.2, 0.25) is 0 Å². The van der Waals surface area contributed by atoms with E-state index >= 15 is 0 Å². The molecule has 2 aliphatic heterocycles. The maximum atomic E-state index is 12.6. The summed E-state index contributed by atoms with van der Waals surface area (Å²) in [5, 5.41) is 11.8. The van der Waals surface area contributed by atoms with E-state index < -0.39 is 67.4 Å². The van der Waals surface area contributed by atoms with Gasteiger partial charge in [0.25, 0.3) is 0 Å². The summed E-state index contributed by atoms with van der Waals surface area (Å²) in [6, 6.07) is 38.8. The second-order valence-corrected chi connectivity index (χ2v) is 13.4. The van der Waals surface area contributed by atoms with Gasteiger partial charge in [-0.3, -0.25) is 4.79 Å². The molecule has 11 nitrogen and oxygen atoms in total. The van der Waals surface area contributed by atoms with Crippen molar-refractivity contribution in [1.29, 1.82) is 0 Å². The highest BCUT2D eigenvalue weighted by atomic mass is 16.7. The van der Waals surface area contributed by atoms with E-state index in [2.05, 4.69) is 0 Å². The summed E-state index contributed by atoms with van der Waals surface area (Å²) in [5.74, 6) is -0.534. The van der Waals surface area contributed by atoms with Crippen molar-refractivity contribution in [3.63, 3.8) is 0 Å². The summed E-state index contributed by atoms with van der Waals surface area (Å²) >= 11 is 0. The number of aliphatic hydroxyl groups excluding tert-OH is 1. The first-order valence-corrected chi connectivity index (χ1v) is 18.3. The lowest BCUT2D eigenvalue weighted by Crippen LogP contribution is -2.63. The number of rotatable bonds is 17. The van der Waals surface area contributed by atoms with Gasteiger partial charge in [0, 0.05) is 14.0 Å². The van der Waals surface area contributed by atoms with Crippen molar-refractivity contribution in [3.8, 4) is 0 Å². The Hall–Kier alpha value is -4.01. The zero-order valence-electron chi connectivity index (χ0n) is 30.9. The Kier molecular flexibility index (Phi) is 14.7. The molecule has 2 heterocycles. The molecule has 4 aromatic carbocycles. The van der Waals surface area contributed by atoms with Gasteiger partial charge >= 0.3 is 5.97 Å². The largest absolute Gasteiger partial charge is 0.454 e. The highest BCUT2D eigenvalue weighted by Crippen LogP contribution is 2.33. The van der Waals surface area contributed by atoms with E-state index in [1.165, 1.54) is 14.0 Å². The van der Waals surface area contributed by atoms with Gasteiger partial charge in [-0.05, 0) is 29.2 Å². The molecule has 2 fully saturated rings. The fourth-order valence-electron chi connectivity index (χ4n) is 6.70. The average molecular weight is 743 g/mol. The van der Waals surface area contributed by atoms with Crippen LogP contribution in [0, 0.1) is 0 Å². The average Bonchev–Trinajstić information content (AvgIpc) is 3.20. The molecule has 0 saturated carbocycles. The third-order valence-electron chi connectivity index (χ3n) is 9.44. The Morgan fingerprint density at radius 3 is 1.43 bits per heavy atom. The van der Waals surface area contributed by atoms with Gasteiger partial charge in [-0.2, -0.15) is 0 Å². The van der Waals surface area contributed by atoms with Crippen LogP contribution in [-0.2, 0) is 73.9 Å². The van der Waals surface area contributed by atoms with Crippen molar-refractivity contribution < 1.29 is 52.5 Å². The topological polar surface area (TPSA) is 120 Å². The molecule has 0 amide bonds. The molecule has 4 aromatic rings. The molecule has 0 bridgehead atoms. The van der Waals surface area contributed by atoms with Crippen LogP contribution in [0.5, 0.6) is 0 Å². The molecule has 2 saturated heterocycles. The number of benzene rings is 4. The normalized spacial score (nSPS) is 28.4. The van der Waals surface area contributed by atoms with Crippen LogP contribution in [-0.4, -0.2) is 86.2 Å². The minimum atomic E-state index is -1.15. The SMILES string of the molecule is CO[C@@H]1OC(CO[C@H]2O[C@@H](C)[C@H](OCc3ccccc3)C(OCc3ccccc3)[C@@H]2OC(C)=O)[C@@H](OCc2ccccc2)C(O)C1OCc1ccccc1. The molecule has 54 heavy (non-hydrogen) atoms. The van der Waals surface area contributed by atoms with Crippen LogP contribution in [0.3, 0.4) is 0 Å². The smallest absolute Gasteiger partial charge is 0.303 e. The summed E-state index contributed by atoms with van der Waals surface area (Å²) in [4.78, 5) is 12.6. The van der Waals surface area contributed by atoms with Crippen LogP contribution in [0.15, 0.2) is 121 Å². The van der Waals surface area contributed by atoms with Crippen LogP contribution in [0.4, 0.5) is 0 Å². The number of aliphatic hydroxyl groups is 1. The van der Waals surface area contributed by atoms with Crippen molar-refractivity contribution in [2.75, 3.05) is 13.7 Å². The van der Waals surface area contributed by atoms with Crippen molar-refractivity contribution >= 4 is 5.97 Å². The summed E-state index contributed by atoms with van der Waals surface area (Å²) in [6.45, 7) is 4.05. The predicted octanol–water partition coefficient (Wildman–Crippen LogP) is 5.75. The van der Waals surface area contributed by atoms with Gasteiger partial charge in [0.15, 0.2) is 18.7 Å². The van der Waals surface area contributed by atoms with Crippen LogP contribution < -0.4 is 0 Å². The van der Waals surface area contributed by atoms with Gasteiger partial charge in [-0.25, -0.2) is 0 Å².